The fourth-order valence-corrected chi connectivity index (χ4v) is 4.72. The quantitative estimate of drug-likeness (QED) is 0.434. The van der Waals surface area contributed by atoms with Crippen LogP contribution in [-0.4, -0.2) is 57.6 Å². The summed E-state index contributed by atoms with van der Waals surface area (Å²) >= 11 is 12.2. The Labute approximate surface area is 217 Å². The van der Waals surface area contributed by atoms with Gasteiger partial charge in [-0.3, -0.25) is 13.9 Å². The van der Waals surface area contributed by atoms with Gasteiger partial charge >= 0.3 is 0 Å². The first kappa shape index (κ1) is 28.7. The molecule has 0 aliphatic heterocycles. The van der Waals surface area contributed by atoms with E-state index in [2.05, 4.69) is 5.32 Å². The molecule has 35 heavy (non-hydrogen) atoms. The van der Waals surface area contributed by atoms with Crippen LogP contribution in [0.25, 0.3) is 0 Å². The first-order chi connectivity index (χ1) is 16.5. The van der Waals surface area contributed by atoms with Gasteiger partial charge in [0.1, 0.15) is 18.3 Å². The van der Waals surface area contributed by atoms with Crippen LogP contribution in [0.5, 0.6) is 5.75 Å². The fraction of sp³-hybridized carbons (Fsp3) is 0.417. The van der Waals surface area contributed by atoms with Crippen molar-refractivity contribution in [2.75, 3.05) is 30.8 Å². The number of rotatable bonds is 12. The SMILES string of the molecule is CCCNC(=O)C(CC)N(Cc1ccc(Cl)cc1)C(=O)CN(c1ccc(OC)c(Cl)c1)S(C)(=O)=O. The monoisotopic (exact) mass is 543 g/mol. The average molecular weight is 545 g/mol. The molecule has 2 aromatic rings. The highest BCUT2D eigenvalue weighted by Gasteiger charge is 2.31. The molecule has 2 rings (SSSR count). The van der Waals surface area contributed by atoms with Gasteiger partial charge in [-0.05, 0) is 48.7 Å². The molecule has 1 unspecified atom stereocenters. The number of nitrogens with one attached hydrogen (secondary N) is 1. The Morgan fingerprint density at radius 2 is 1.74 bits per heavy atom. The van der Waals surface area contributed by atoms with E-state index in [-0.39, 0.29) is 23.2 Å². The van der Waals surface area contributed by atoms with Crippen molar-refractivity contribution in [3.05, 3.63) is 58.1 Å². The predicted octanol–water partition coefficient (Wildman–Crippen LogP) is 4.10. The van der Waals surface area contributed by atoms with Gasteiger partial charge in [0.15, 0.2) is 0 Å². The summed E-state index contributed by atoms with van der Waals surface area (Å²) < 4.78 is 31.4. The second-order valence-corrected chi connectivity index (χ2v) is 10.7. The lowest BCUT2D eigenvalue weighted by molar-refractivity contribution is -0.140. The molecule has 0 bridgehead atoms. The van der Waals surface area contributed by atoms with E-state index in [0.717, 1.165) is 22.5 Å². The van der Waals surface area contributed by atoms with E-state index in [1.165, 1.54) is 30.2 Å². The minimum atomic E-state index is -3.86. The summed E-state index contributed by atoms with van der Waals surface area (Å²) in [5, 5.41) is 3.58. The van der Waals surface area contributed by atoms with E-state index in [0.29, 0.717) is 23.7 Å². The van der Waals surface area contributed by atoms with Gasteiger partial charge in [0.05, 0.1) is 24.1 Å². The van der Waals surface area contributed by atoms with E-state index in [9.17, 15) is 18.0 Å². The van der Waals surface area contributed by atoms with Gasteiger partial charge in [0, 0.05) is 18.1 Å². The molecule has 0 fully saturated rings. The topological polar surface area (TPSA) is 96.0 Å². The van der Waals surface area contributed by atoms with Crippen molar-refractivity contribution in [2.24, 2.45) is 0 Å². The zero-order valence-corrected chi connectivity index (χ0v) is 22.6. The molecule has 2 aromatic carbocycles. The maximum Gasteiger partial charge on any atom is 0.244 e. The molecule has 0 heterocycles. The van der Waals surface area contributed by atoms with Crippen molar-refractivity contribution in [2.45, 2.75) is 39.3 Å². The van der Waals surface area contributed by atoms with E-state index >= 15 is 0 Å². The Hall–Kier alpha value is -2.49. The van der Waals surface area contributed by atoms with Crippen LogP contribution >= 0.6 is 23.2 Å². The molecular weight excluding hydrogens is 513 g/mol. The number of benzene rings is 2. The molecule has 0 radical (unpaired) electrons. The van der Waals surface area contributed by atoms with Gasteiger partial charge in [-0.1, -0.05) is 49.2 Å². The molecular formula is C24H31Cl2N3O5S. The summed E-state index contributed by atoms with van der Waals surface area (Å²) in [5.41, 5.74) is 0.962. The number of methoxy groups -OCH3 is 1. The molecule has 1 N–H and O–H groups in total. The number of nitrogens with zero attached hydrogens (tertiary/aromatic N) is 2. The third-order valence-corrected chi connectivity index (χ3v) is 6.99. The predicted molar refractivity (Wildman–Crippen MR) is 140 cm³/mol. The van der Waals surface area contributed by atoms with Gasteiger partial charge in [-0.25, -0.2) is 8.42 Å². The third kappa shape index (κ3) is 8.02. The molecule has 0 saturated heterocycles. The first-order valence-electron chi connectivity index (χ1n) is 11.1. The Bertz CT molecular complexity index is 1130. The van der Waals surface area contributed by atoms with Crippen LogP contribution in [0.1, 0.15) is 32.3 Å². The van der Waals surface area contributed by atoms with Crippen molar-refractivity contribution in [3.8, 4) is 5.75 Å². The molecule has 0 saturated carbocycles. The molecule has 2 amide bonds. The van der Waals surface area contributed by atoms with Gasteiger partial charge in [-0.15, -0.1) is 0 Å². The molecule has 192 valence electrons. The zero-order valence-electron chi connectivity index (χ0n) is 20.3. The third-order valence-electron chi connectivity index (χ3n) is 5.30. The van der Waals surface area contributed by atoms with Crippen LogP contribution in [0.3, 0.4) is 0 Å². The molecule has 11 heteroatoms. The van der Waals surface area contributed by atoms with E-state index in [1.807, 2.05) is 6.92 Å². The van der Waals surface area contributed by atoms with Gasteiger partial charge < -0.3 is 15.0 Å². The molecule has 8 nitrogen and oxygen atoms in total. The highest BCUT2D eigenvalue weighted by Crippen LogP contribution is 2.30. The summed E-state index contributed by atoms with van der Waals surface area (Å²) in [6.45, 7) is 3.80. The minimum Gasteiger partial charge on any atom is -0.495 e. The second-order valence-electron chi connectivity index (χ2n) is 7.95. The smallest absolute Gasteiger partial charge is 0.244 e. The van der Waals surface area contributed by atoms with E-state index < -0.39 is 28.5 Å². The van der Waals surface area contributed by atoms with E-state index in [4.69, 9.17) is 27.9 Å². The van der Waals surface area contributed by atoms with Crippen LogP contribution in [0.2, 0.25) is 10.0 Å². The van der Waals surface area contributed by atoms with Crippen molar-refractivity contribution in [3.63, 3.8) is 0 Å². The van der Waals surface area contributed by atoms with Crippen molar-refractivity contribution >= 4 is 50.7 Å². The molecule has 0 aromatic heterocycles. The number of hydrogen-bond donors (Lipinski definition) is 1. The number of carbonyl (C=O) groups excluding carboxylic acids is 2. The second kappa shape index (κ2) is 13.0. The Morgan fingerprint density at radius 3 is 2.26 bits per heavy atom. The zero-order chi connectivity index (χ0) is 26.2. The number of ether oxygens (including phenoxy) is 1. The number of amides is 2. The van der Waals surface area contributed by atoms with Crippen LogP contribution in [-0.2, 0) is 26.2 Å². The normalized spacial score (nSPS) is 12.1. The molecule has 0 aliphatic carbocycles. The van der Waals surface area contributed by atoms with Crippen LogP contribution in [0.15, 0.2) is 42.5 Å². The van der Waals surface area contributed by atoms with Crippen molar-refractivity contribution in [1.29, 1.82) is 0 Å². The molecule has 0 aliphatic rings. The number of halogens is 2. The van der Waals surface area contributed by atoms with Gasteiger partial charge in [-0.2, -0.15) is 0 Å². The minimum absolute atomic E-state index is 0.106. The Kier molecular flexibility index (Phi) is 10.7. The maximum absolute atomic E-state index is 13.6. The van der Waals surface area contributed by atoms with Gasteiger partial charge in [0.25, 0.3) is 0 Å². The fourth-order valence-electron chi connectivity index (χ4n) is 3.50. The van der Waals surface area contributed by atoms with Crippen molar-refractivity contribution in [1.82, 2.24) is 10.2 Å². The van der Waals surface area contributed by atoms with E-state index in [1.54, 1.807) is 31.2 Å². The average Bonchev–Trinajstić information content (AvgIpc) is 2.81. The number of sulfonamides is 1. The summed E-state index contributed by atoms with van der Waals surface area (Å²) in [7, 11) is -2.41. The lowest BCUT2D eigenvalue weighted by atomic mass is 10.1. The summed E-state index contributed by atoms with van der Waals surface area (Å²) in [6, 6.07) is 10.6. The highest BCUT2D eigenvalue weighted by atomic mass is 35.5. The van der Waals surface area contributed by atoms with Crippen molar-refractivity contribution < 1.29 is 22.7 Å². The standard InChI is InChI=1S/C24H31Cl2N3O5S/c1-5-13-27-24(31)21(6-2)28(15-17-7-9-18(25)10-8-17)23(30)16-29(35(4,32)33)19-11-12-22(34-3)20(26)14-19/h7-12,14,21H,5-6,13,15-16H2,1-4H3,(H,27,31). The summed E-state index contributed by atoms with van der Waals surface area (Å²) in [6.07, 6.45) is 2.10. The maximum atomic E-state index is 13.6. The summed E-state index contributed by atoms with van der Waals surface area (Å²) in [4.78, 5) is 27.9. The van der Waals surface area contributed by atoms with Gasteiger partial charge in [0.2, 0.25) is 21.8 Å². The highest BCUT2D eigenvalue weighted by molar-refractivity contribution is 7.92. The van der Waals surface area contributed by atoms with Crippen LogP contribution < -0.4 is 14.4 Å². The Balaban J connectivity index is 2.43. The van der Waals surface area contributed by atoms with Crippen LogP contribution in [0.4, 0.5) is 5.69 Å². The van der Waals surface area contributed by atoms with Crippen LogP contribution in [0, 0.1) is 0 Å². The number of hydrogen-bond acceptors (Lipinski definition) is 5. The number of anilines is 1. The summed E-state index contributed by atoms with van der Waals surface area (Å²) in [5.74, 6) is -0.455. The number of carbonyl (C=O) groups is 2. The largest absolute Gasteiger partial charge is 0.495 e. The lowest BCUT2D eigenvalue weighted by Crippen LogP contribution is -2.52. The Morgan fingerprint density at radius 1 is 1.09 bits per heavy atom. The molecule has 0 spiro atoms. The first-order valence-corrected chi connectivity index (χ1v) is 13.7. The molecule has 1 atom stereocenters. The lowest BCUT2D eigenvalue weighted by Gasteiger charge is -2.33.